The lowest BCUT2D eigenvalue weighted by Crippen LogP contribution is -2.33. The molecule has 0 fully saturated rings. The van der Waals surface area contributed by atoms with Crippen LogP contribution in [0.15, 0.2) is 59.7 Å². The Labute approximate surface area is 205 Å². The van der Waals surface area contributed by atoms with Crippen molar-refractivity contribution in [2.24, 2.45) is 5.10 Å². The third-order valence-electron chi connectivity index (χ3n) is 5.89. The first kappa shape index (κ1) is 22.3. The number of non-ortho nitro benzene ring substituents is 1. The van der Waals surface area contributed by atoms with E-state index < -0.39 is 11.2 Å². The van der Waals surface area contributed by atoms with Gasteiger partial charge in [0.2, 0.25) is 6.23 Å². The summed E-state index contributed by atoms with van der Waals surface area (Å²) in [6, 6.07) is 15.1. The first-order valence-corrected chi connectivity index (χ1v) is 11.1. The van der Waals surface area contributed by atoms with Gasteiger partial charge in [0.1, 0.15) is 5.75 Å². The third kappa shape index (κ3) is 3.78. The molecule has 3 aromatic rings. The van der Waals surface area contributed by atoms with Crippen LogP contribution in [0.25, 0.3) is 0 Å². The van der Waals surface area contributed by atoms with Crippen molar-refractivity contribution in [2.75, 3.05) is 14.2 Å². The molecule has 34 heavy (non-hydrogen) atoms. The van der Waals surface area contributed by atoms with Crippen LogP contribution in [0.1, 0.15) is 35.4 Å². The topological polar surface area (TPSA) is 86.4 Å². The maximum Gasteiger partial charge on any atom is 0.269 e. The molecule has 5 rings (SSSR count). The summed E-state index contributed by atoms with van der Waals surface area (Å²) in [5.74, 6) is 1.70. The molecule has 0 spiro atoms. The van der Waals surface area contributed by atoms with E-state index in [1.54, 1.807) is 37.4 Å². The smallest absolute Gasteiger partial charge is 0.269 e. The monoisotopic (exact) mass is 499 g/mol. The maximum absolute atomic E-state index is 11.4. The van der Waals surface area contributed by atoms with Crippen molar-refractivity contribution >= 4 is 34.6 Å². The van der Waals surface area contributed by atoms with Gasteiger partial charge in [0, 0.05) is 40.3 Å². The minimum Gasteiger partial charge on any atom is -0.493 e. The summed E-state index contributed by atoms with van der Waals surface area (Å²) in [5.41, 5.74) is 3.02. The number of ether oxygens (including phenoxy) is 3. The van der Waals surface area contributed by atoms with Gasteiger partial charge in [-0.3, -0.25) is 10.1 Å². The molecule has 8 nitrogen and oxygen atoms in total. The van der Waals surface area contributed by atoms with E-state index in [0.717, 1.165) is 16.8 Å². The van der Waals surface area contributed by atoms with E-state index in [-0.39, 0.29) is 11.7 Å². The highest BCUT2D eigenvalue weighted by atomic mass is 35.5. The molecule has 0 aliphatic carbocycles. The Bertz CT molecular complexity index is 1330. The second-order valence-electron chi connectivity index (χ2n) is 7.84. The third-order valence-corrected chi connectivity index (χ3v) is 6.39. The van der Waals surface area contributed by atoms with Crippen LogP contribution in [0, 0.1) is 10.1 Å². The molecule has 0 aromatic heterocycles. The molecule has 0 N–H and O–H groups in total. The normalized spacial score (nSPS) is 18.5. The molecule has 0 radical (unpaired) electrons. The molecule has 2 aliphatic rings. The number of methoxy groups -OCH3 is 2. The van der Waals surface area contributed by atoms with Gasteiger partial charge in [-0.2, -0.15) is 5.10 Å². The minimum absolute atomic E-state index is 0.0334. The SMILES string of the molecule is COc1ccc(C2=NN3[C@@H](C2)c2cc(Cl)cc(Cl)c2O[C@H]3c2cccc([N+](=O)[O-])c2)cc1OC. The molecule has 0 amide bonds. The number of benzene rings is 3. The van der Waals surface area contributed by atoms with Gasteiger partial charge in [-0.1, -0.05) is 35.3 Å². The lowest BCUT2D eigenvalue weighted by atomic mass is 9.95. The molecule has 3 aromatic carbocycles. The fourth-order valence-corrected chi connectivity index (χ4v) is 4.87. The van der Waals surface area contributed by atoms with Gasteiger partial charge < -0.3 is 14.2 Å². The first-order valence-electron chi connectivity index (χ1n) is 10.4. The number of rotatable bonds is 5. The Morgan fingerprint density at radius 2 is 1.88 bits per heavy atom. The molecule has 2 aliphatic heterocycles. The van der Waals surface area contributed by atoms with E-state index in [4.69, 9.17) is 42.5 Å². The fraction of sp³-hybridized carbons (Fsp3) is 0.208. The summed E-state index contributed by atoms with van der Waals surface area (Å²) in [6.45, 7) is 0. The van der Waals surface area contributed by atoms with Crippen LogP contribution in [0.2, 0.25) is 10.0 Å². The van der Waals surface area contributed by atoms with Gasteiger partial charge in [0.15, 0.2) is 11.5 Å². The van der Waals surface area contributed by atoms with Crippen LogP contribution >= 0.6 is 23.2 Å². The molecular weight excluding hydrogens is 481 g/mol. The number of hydrazone groups is 1. The fourth-order valence-electron chi connectivity index (χ4n) is 4.32. The molecule has 2 heterocycles. The van der Waals surface area contributed by atoms with Crippen LogP contribution in [0.5, 0.6) is 17.2 Å². The van der Waals surface area contributed by atoms with Gasteiger partial charge in [-0.25, -0.2) is 5.01 Å². The number of hydrogen-bond donors (Lipinski definition) is 0. The second kappa shape index (κ2) is 8.70. The first-order chi connectivity index (χ1) is 16.4. The van der Waals surface area contributed by atoms with E-state index in [1.165, 1.54) is 12.1 Å². The van der Waals surface area contributed by atoms with Gasteiger partial charge in [0.05, 0.1) is 35.9 Å². The largest absolute Gasteiger partial charge is 0.493 e. The van der Waals surface area contributed by atoms with Crippen LogP contribution < -0.4 is 14.2 Å². The number of nitro groups is 1. The zero-order valence-corrected chi connectivity index (χ0v) is 19.7. The van der Waals surface area contributed by atoms with Crippen molar-refractivity contribution in [3.63, 3.8) is 0 Å². The van der Waals surface area contributed by atoms with Crippen LogP contribution in [0.3, 0.4) is 0 Å². The Morgan fingerprint density at radius 3 is 2.62 bits per heavy atom. The zero-order valence-electron chi connectivity index (χ0n) is 18.2. The van der Waals surface area contributed by atoms with Gasteiger partial charge >= 0.3 is 0 Å². The van der Waals surface area contributed by atoms with Crippen molar-refractivity contribution in [3.8, 4) is 17.2 Å². The van der Waals surface area contributed by atoms with Crippen molar-refractivity contribution in [1.82, 2.24) is 5.01 Å². The Hall–Kier alpha value is -3.49. The maximum atomic E-state index is 11.4. The van der Waals surface area contributed by atoms with Crippen LogP contribution in [-0.2, 0) is 0 Å². The highest BCUT2D eigenvalue weighted by molar-refractivity contribution is 6.35. The van der Waals surface area contributed by atoms with Crippen molar-refractivity contribution in [3.05, 3.63) is 91.4 Å². The van der Waals surface area contributed by atoms with E-state index in [1.807, 2.05) is 24.3 Å². The Balaban J connectivity index is 1.62. The minimum atomic E-state index is -0.714. The van der Waals surface area contributed by atoms with Crippen molar-refractivity contribution in [2.45, 2.75) is 18.7 Å². The Morgan fingerprint density at radius 1 is 1.09 bits per heavy atom. The molecule has 2 atom stereocenters. The van der Waals surface area contributed by atoms with E-state index in [9.17, 15) is 10.1 Å². The van der Waals surface area contributed by atoms with Crippen LogP contribution in [-0.4, -0.2) is 29.9 Å². The Kier molecular flexibility index (Phi) is 5.71. The van der Waals surface area contributed by atoms with Gasteiger partial charge in [-0.05, 0) is 30.3 Å². The molecule has 0 saturated carbocycles. The summed E-state index contributed by atoms with van der Waals surface area (Å²) < 4.78 is 17.1. The van der Waals surface area contributed by atoms with Crippen molar-refractivity contribution in [1.29, 1.82) is 0 Å². The summed E-state index contributed by atoms with van der Waals surface area (Å²) in [5, 5.41) is 18.9. The van der Waals surface area contributed by atoms with Gasteiger partial charge in [-0.15, -0.1) is 0 Å². The number of fused-ring (bicyclic) bond motifs is 3. The number of nitro benzene ring substituents is 1. The van der Waals surface area contributed by atoms with E-state index >= 15 is 0 Å². The average molecular weight is 500 g/mol. The molecular formula is C24H19Cl2N3O5. The van der Waals surface area contributed by atoms with Crippen molar-refractivity contribution < 1.29 is 19.1 Å². The van der Waals surface area contributed by atoms with Crippen LogP contribution in [0.4, 0.5) is 5.69 Å². The summed E-state index contributed by atoms with van der Waals surface area (Å²) in [4.78, 5) is 10.9. The molecule has 0 saturated heterocycles. The average Bonchev–Trinajstić information content (AvgIpc) is 3.29. The van der Waals surface area contributed by atoms with Gasteiger partial charge in [0.25, 0.3) is 5.69 Å². The number of nitrogens with zero attached hydrogens (tertiary/aromatic N) is 3. The summed E-state index contributed by atoms with van der Waals surface area (Å²) in [7, 11) is 3.16. The zero-order chi connectivity index (χ0) is 24.0. The standard InChI is InChI=1S/C24H19Cl2N3O5/c1-32-21-7-6-13(9-22(21)33-2)19-12-20-17-10-15(25)11-18(26)23(17)34-24(28(20)27-19)14-4-3-5-16(8-14)29(30)31/h3-11,20,24H,12H2,1-2H3/t20-,24-/m0/s1. The number of halogens is 2. The quantitative estimate of drug-likeness (QED) is 0.308. The lowest BCUT2D eigenvalue weighted by Gasteiger charge is -2.38. The summed E-state index contributed by atoms with van der Waals surface area (Å²) in [6.07, 6.45) is -0.165. The molecule has 0 bridgehead atoms. The molecule has 0 unspecified atom stereocenters. The molecule has 174 valence electrons. The van der Waals surface area contributed by atoms with E-state index in [2.05, 4.69) is 0 Å². The predicted molar refractivity (Wildman–Crippen MR) is 128 cm³/mol. The second-order valence-corrected chi connectivity index (χ2v) is 8.69. The summed E-state index contributed by atoms with van der Waals surface area (Å²) >= 11 is 12.8. The van der Waals surface area contributed by atoms with E-state index in [0.29, 0.717) is 39.3 Å². The highest BCUT2D eigenvalue weighted by Crippen LogP contribution is 2.51. The number of hydrogen-bond acceptors (Lipinski definition) is 7. The highest BCUT2D eigenvalue weighted by Gasteiger charge is 2.42. The molecule has 10 heteroatoms. The predicted octanol–water partition coefficient (Wildman–Crippen LogP) is 6.16. The lowest BCUT2D eigenvalue weighted by molar-refractivity contribution is -0.385.